The van der Waals surface area contributed by atoms with Crippen LogP contribution in [0.3, 0.4) is 0 Å². The maximum absolute atomic E-state index is 14.5. The minimum atomic E-state index is -3.02. The minimum absolute atomic E-state index is 0.0703. The van der Waals surface area contributed by atoms with E-state index < -0.39 is 23.6 Å². The number of anilines is 1. The molecule has 3 aromatic rings. The maximum atomic E-state index is 14.5. The van der Waals surface area contributed by atoms with Gasteiger partial charge in [0.2, 0.25) is 11.8 Å². The molecule has 1 aromatic heterocycles. The average Bonchev–Trinajstić information content (AvgIpc) is 3.40. The third-order valence-corrected chi connectivity index (χ3v) is 5.41. The van der Waals surface area contributed by atoms with Gasteiger partial charge in [-0.25, -0.2) is 17.9 Å². The summed E-state index contributed by atoms with van der Waals surface area (Å²) in [4.78, 5) is 23.9. The predicted molar refractivity (Wildman–Crippen MR) is 113 cm³/mol. The number of nitrogens with one attached hydrogen (secondary N) is 2. The Kier molecular flexibility index (Phi) is 5.73. The molecule has 4 rings (SSSR count). The summed E-state index contributed by atoms with van der Waals surface area (Å²) in [5, 5.41) is 9.55. The lowest BCUT2D eigenvalue weighted by atomic mass is 10.0. The first-order valence-corrected chi connectivity index (χ1v) is 10.2. The summed E-state index contributed by atoms with van der Waals surface area (Å²) in [7, 11) is 0. The van der Waals surface area contributed by atoms with E-state index in [0.29, 0.717) is 11.3 Å². The molecular formula is C23H21F3N4O2. The molecule has 1 saturated heterocycles. The van der Waals surface area contributed by atoms with E-state index in [1.165, 1.54) is 54.1 Å². The van der Waals surface area contributed by atoms with Crippen molar-refractivity contribution in [2.24, 2.45) is 5.92 Å². The van der Waals surface area contributed by atoms with E-state index in [-0.39, 0.29) is 42.4 Å². The number of alkyl halides is 2. The van der Waals surface area contributed by atoms with Crippen molar-refractivity contribution < 1.29 is 22.8 Å². The number of halogens is 3. The molecule has 0 unspecified atom stereocenters. The van der Waals surface area contributed by atoms with Crippen molar-refractivity contribution in [3.8, 4) is 16.9 Å². The van der Waals surface area contributed by atoms with E-state index in [1.807, 2.05) is 0 Å². The van der Waals surface area contributed by atoms with Crippen molar-refractivity contribution in [2.45, 2.75) is 25.7 Å². The highest BCUT2D eigenvalue weighted by molar-refractivity contribution is 5.97. The average molecular weight is 442 g/mol. The Hall–Kier alpha value is -3.62. The molecule has 0 aliphatic carbocycles. The van der Waals surface area contributed by atoms with E-state index in [0.717, 1.165) is 0 Å². The van der Waals surface area contributed by atoms with Crippen LogP contribution in [0, 0.1) is 11.7 Å². The number of nitrogens with zero attached hydrogens (tertiary/aromatic N) is 2. The Bertz CT molecular complexity index is 1180. The number of hydrogen-bond acceptors (Lipinski definition) is 3. The summed E-state index contributed by atoms with van der Waals surface area (Å²) < 4.78 is 44.4. The van der Waals surface area contributed by atoms with Crippen molar-refractivity contribution in [1.82, 2.24) is 15.1 Å². The Morgan fingerprint density at radius 2 is 2.00 bits per heavy atom. The van der Waals surface area contributed by atoms with E-state index in [4.69, 9.17) is 0 Å². The molecule has 0 saturated carbocycles. The molecule has 0 spiro atoms. The van der Waals surface area contributed by atoms with Crippen LogP contribution in [0.1, 0.15) is 25.3 Å². The predicted octanol–water partition coefficient (Wildman–Crippen LogP) is 4.25. The molecular weight excluding hydrogens is 421 g/mol. The van der Waals surface area contributed by atoms with Crippen LogP contribution in [-0.2, 0) is 15.5 Å². The first kappa shape index (κ1) is 21.6. The van der Waals surface area contributed by atoms with Crippen molar-refractivity contribution in [2.75, 3.05) is 11.9 Å². The Morgan fingerprint density at radius 1 is 1.22 bits per heavy atom. The summed E-state index contributed by atoms with van der Waals surface area (Å²) >= 11 is 0. The number of hydrogen-bond donors (Lipinski definition) is 2. The third-order valence-electron chi connectivity index (χ3n) is 5.41. The molecule has 32 heavy (non-hydrogen) atoms. The fourth-order valence-corrected chi connectivity index (χ4v) is 3.58. The second-order valence-electron chi connectivity index (χ2n) is 7.61. The van der Waals surface area contributed by atoms with E-state index in [2.05, 4.69) is 15.7 Å². The Balaban J connectivity index is 1.76. The first-order valence-electron chi connectivity index (χ1n) is 10.2. The van der Waals surface area contributed by atoms with Crippen LogP contribution < -0.4 is 10.6 Å². The molecule has 1 aliphatic heterocycles. The van der Waals surface area contributed by atoms with E-state index >= 15 is 0 Å². The standard InChI is InChI=1S/C23H21F3N4O2/c1-2-23(25,26)16-7-5-6-14(10-16)19-12-20(28-22(32)15-11-21(31)27-13-15)29-30(19)18-9-4-3-8-17(18)24/h3-10,12,15H,2,11,13H2,1H3,(H,27,31)(H,28,29,32)/t15-/m1/s1. The van der Waals surface area contributed by atoms with E-state index in [1.54, 1.807) is 12.1 Å². The molecule has 2 N–H and O–H groups in total. The van der Waals surface area contributed by atoms with Crippen LogP contribution in [0.25, 0.3) is 16.9 Å². The fourth-order valence-electron chi connectivity index (χ4n) is 3.58. The Morgan fingerprint density at radius 3 is 2.69 bits per heavy atom. The van der Waals surface area contributed by atoms with Gasteiger partial charge in [0.15, 0.2) is 5.82 Å². The quantitative estimate of drug-likeness (QED) is 0.599. The lowest BCUT2D eigenvalue weighted by molar-refractivity contribution is -0.123. The van der Waals surface area contributed by atoms with Crippen LogP contribution in [-0.4, -0.2) is 28.1 Å². The summed E-state index contributed by atoms with van der Waals surface area (Å²) in [6.07, 6.45) is -0.292. The van der Waals surface area contributed by atoms with Crippen molar-refractivity contribution in [3.63, 3.8) is 0 Å². The van der Waals surface area contributed by atoms with Gasteiger partial charge in [-0.05, 0) is 18.2 Å². The van der Waals surface area contributed by atoms with Gasteiger partial charge in [0, 0.05) is 36.6 Å². The SMILES string of the molecule is CCC(F)(F)c1cccc(-c2cc(NC(=O)[C@H]3CNC(=O)C3)nn2-c2ccccc2F)c1. The summed E-state index contributed by atoms with van der Waals surface area (Å²) in [6, 6.07) is 13.2. The highest BCUT2D eigenvalue weighted by Crippen LogP contribution is 2.35. The number of benzene rings is 2. The summed E-state index contributed by atoms with van der Waals surface area (Å²) in [5.74, 6) is -4.61. The van der Waals surface area contributed by atoms with Gasteiger partial charge in [0.05, 0.1) is 11.6 Å². The monoisotopic (exact) mass is 442 g/mol. The van der Waals surface area contributed by atoms with Crippen molar-refractivity contribution in [3.05, 3.63) is 66.0 Å². The molecule has 166 valence electrons. The first-order chi connectivity index (χ1) is 15.3. The second kappa shape index (κ2) is 8.49. The Labute approximate surface area is 182 Å². The van der Waals surface area contributed by atoms with Crippen LogP contribution in [0.15, 0.2) is 54.6 Å². The van der Waals surface area contributed by atoms with Gasteiger partial charge in [-0.1, -0.05) is 37.3 Å². The van der Waals surface area contributed by atoms with Crippen molar-refractivity contribution in [1.29, 1.82) is 0 Å². The van der Waals surface area contributed by atoms with Gasteiger partial charge >= 0.3 is 0 Å². The molecule has 0 bridgehead atoms. The largest absolute Gasteiger partial charge is 0.355 e. The van der Waals surface area contributed by atoms with E-state index in [9.17, 15) is 22.8 Å². The minimum Gasteiger partial charge on any atom is -0.355 e. The summed E-state index contributed by atoms with van der Waals surface area (Å²) in [6.45, 7) is 1.62. The van der Waals surface area contributed by atoms with Crippen LogP contribution >= 0.6 is 0 Å². The third kappa shape index (κ3) is 4.23. The number of para-hydroxylation sites is 1. The van der Waals surface area contributed by atoms with Gasteiger partial charge in [-0.15, -0.1) is 5.10 Å². The number of aromatic nitrogens is 2. The molecule has 1 aliphatic rings. The fraction of sp³-hybridized carbons (Fsp3) is 0.261. The molecule has 6 nitrogen and oxygen atoms in total. The molecule has 0 radical (unpaired) electrons. The molecule has 2 aromatic carbocycles. The van der Waals surface area contributed by atoms with Crippen LogP contribution in [0.4, 0.5) is 19.0 Å². The smallest absolute Gasteiger partial charge is 0.273 e. The topological polar surface area (TPSA) is 76.0 Å². The summed E-state index contributed by atoms with van der Waals surface area (Å²) in [5.41, 5.74) is 0.664. The second-order valence-corrected chi connectivity index (χ2v) is 7.61. The van der Waals surface area contributed by atoms with Gasteiger partial charge in [-0.2, -0.15) is 0 Å². The molecule has 2 amide bonds. The number of carbonyl (C=O) groups is 2. The van der Waals surface area contributed by atoms with Gasteiger partial charge in [-0.3, -0.25) is 9.59 Å². The lowest BCUT2D eigenvalue weighted by Gasteiger charge is -2.16. The van der Waals surface area contributed by atoms with Crippen LogP contribution in [0.5, 0.6) is 0 Å². The molecule has 1 atom stereocenters. The zero-order valence-electron chi connectivity index (χ0n) is 17.2. The highest BCUT2D eigenvalue weighted by Gasteiger charge is 2.30. The molecule has 9 heteroatoms. The van der Waals surface area contributed by atoms with Crippen molar-refractivity contribution >= 4 is 17.6 Å². The zero-order chi connectivity index (χ0) is 22.9. The normalized spacial score (nSPS) is 16.1. The zero-order valence-corrected chi connectivity index (χ0v) is 17.2. The highest BCUT2D eigenvalue weighted by atomic mass is 19.3. The van der Waals surface area contributed by atoms with Crippen LogP contribution in [0.2, 0.25) is 0 Å². The van der Waals surface area contributed by atoms with Gasteiger partial charge < -0.3 is 10.6 Å². The lowest BCUT2D eigenvalue weighted by Crippen LogP contribution is -2.24. The van der Waals surface area contributed by atoms with Gasteiger partial charge in [0.1, 0.15) is 11.5 Å². The van der Waals surface area contributed by atoms with Gasteiger partial charge in [0.25, 0.3) is 5.92 Å². The number of carbonyl (C=O) groups excluding carboxylic acids is 2. The molecule has 1 fully saturated rings. The maximum Gasteiger partial charge on any atom is 0.273 e. The number of amides is 2. The molecule has 2 heterocycles. The number of rotatable bonds is 6.